The lowest BCUT2D eigenvalue weighted by Crippen LogP contribution is -2.32. The summed E-state index contributed by atoms with van der Waals surface area (Å²) in [6.45, 7) is 2.65. The summed E-state index contributed by atoms with van der Waals surface area (Å²) < 4.78 is 29.3. The highest BCUT2D eigenvalue weighted by atomic mass is 32.2. The third-order valence-electron chi connectivity index (χ3n) is 4.24. The summed E-state index contributed by atoms with van der Waals surface area (Å²) >= 11 is 0. The van der Waals surface area contributed by atoms with Gasteiger partial charge in [-0.15, -0.1) is 0 Å². The molecule has 9 nitrogen and oxygen atoms in total. The van der Waals surface area contributed by atoms with E-state index in [-0.39, 0.29) is 18.1 Å². The zero-order valence-corrected chi connectivity index (χ0v) is 15.9. The van der Waals surface area contributed by atoms with Crippen molar-refractivity contribution in [3.8, 4) is 0 Å². The molecule has 1 aliphatic heterocycles. The van der Waals surface area contributed by atoms with E-state index in [2.05, 4.69) is 4.74 Å². The molecule has 0 bridgehead atoms. The summed E-state index contributed by atoms with van der Waals surface area (Å²) in [4.78, 5) is 35.7. The topological polar surface area (TPSA) is 124 Å². The lowest BCUT2D eigenvalue weighted by atomic mass is 10.1. The first-order chi connectivity index (χ1) is 12.8. The molecule has 1 heterocycles. The van der Waals surface area contributed by atoms with Gasteiger partial charge in [0.2, 0.25) is 0 Å². The van der Waals surface area contributed by atoms with E-state index in [1.807, 2.05) is 0 Å². The predicted molar refractivity (Wildman–Crippen MR) is 96.2 cm³/mol. The summed E-state index contributed by atoms with van der Waals surface area (Å²) in [5.74, 6) is -2.35. The summed E-state index contributed by atoms with van der Waals surface area (Å²) in [5.41, 5.74) is -0.668. The molecular weight excluding hydrogens is 376 g/mol. The maximum absolute atomic E-state index is 12.6. The van der Waals surface area contributed by atoms with E-state index in [9.17, 15) is 28.1 Å². The van der Waals surface area contributed by atoms with Gasteiger partial charge in [0.15, 0.2) is 15.6 Å². The lowest BCUT2D eigenvalue weighted by Gasteiger charge is -2.20. The fraction of sp³-hybridized carbons (Fsp3) is 0.529. The minimum atomic E-state index is -4.27. The van der Waals surface area contributed by atoms with Crippen LogP contribution in [0.4, 0.5) is 5.69 Å². The van der Waals surface area contributed by atoms with Crippen LogP contribution in [0.3, 0.4) is 0 Å². The number of amides is 1. The molecule has 1 fully saturated rings. The third-order valence-corrected chi connectivity index (χ3v) is 5.88. The minimum Gasteiger partial charge on any atom is -0.465 e. The van der Waals surface area contributed by atoms with E-state index >= 15 is 0 Å². The van der Waals surface area contributed by atoms with E-state index < -0.39 is 37.1 Å². The molecule has 0 radical (unpaired) electrons. The van der Waals surface area contributed by atoms with Crippen LogP contribution in [0.25, 0.3) is 0 Å². The number of hydrogen-bond acceptors (Lipinski definition) is 7. The molecule has 0 saturated carbocycles. The Balaban J connectivity index is 2.35. The number of likely N-dealkylation sites (tertiary alicyclic amines) is 1. The average Bonchev–Trinajstić information content (AvgIpc) is 2.89. The summed E-state index contributed by atoms with van der Waals surface area (Å²) in [5, 5.41) is 11.4. The standard InChI is InChI=1S/C17H22N2O7S/c1-2-26-16(20)12-27(24,25)15-8-7-13(11-14(15)19(22)23)17(21)18-9-5-3-4-6-10-18/h7-8,11H,2-6,9-10,12H2,1H3. The van der Waals surface area contributed by atoms with E-state index in [1.165, 1.54) is 13.0 Å². The van der Waals surface area contributed by atoms with Gasteiger partial charge in [-0.1, -0.05) is 12.8 Å². The van der Waals surface area contributed by atoms with Gasteiger partial charge in [-0.25, -0.2) is 8.42 Å². The molecule has 2 rings (SSSR count). The Kier molecular flexibility index (Phi) is 6.89. The highest BCUT2D eigenvalue weighted by molar-refractivity contribution is 7.92. The fourth-order valence-electron chi connectivity index (χ4n) is 2.95. The molecular formula is C17H22N2O7S. The SMILES string of the molecule is CCOC(=O)CS(=O)(=O)c1ccc(C(=O)N2CCCCCC2)cc1[N+](=O)[O-]. The van der Waals surface area contributed by atoms with Gasteiger partial charge in [0.05, 0.1) is 11.5 Å². The molecule has 148 valence electrons. The van der Waals surface area contributed by atoms with Gasteiger partial charge < -0.3 is 9.64 Å². The zero-order valence-electron chi connectivity index (χ0n) is 15.0. The molecule has 27 heavy (non-hydrogen) atoms. The average molecular weight is 398 g/mol. The lowest BCUT2D eigenvalue weighted by molar-refractivity contribution is -0.387. The van der Waals surface area contributed by atoms with Gasteiger partial charge in [-0.05, 0) is 31.9 Å². The van der Waals surface area contributed by atoms with Crippen LogP contribution in [0, 0.1) is 10.1 Å². The van der Waals surface area contributed by atoms with Gasteiger partial charge in [0, 0.05) is 24.7 Å². The van der Waals surface area contributed by atoms with Crippen molar-refractivity contribution in [3.63, 3.8) is 0 Å². The van der Waals surface area contributed by atoms with Crippen LogP contribution < -0.4 is 0 Å². The summed E-state index contributed by atoms with van der Waals surface area (Å²) in [6, 6.07) is 3.22. The molecule has 1 aromatic rings. The second kappa shape index (κ2) is 8.94. The van der Waals surface area contributed by atoms with Crippen molar-refractivity contribution in [3.05, 3.63) is 33.9 Å². The van der Waals surface area contributed by atoms with Crippen LogP contribution >= 0.6 is 0 Å². The molecule has 0 atom stereocenters. The number of carbonyl (C=O) groups is 2. The number of carbonyl (C=O) groups excluding carboxylic acids is 2. The summed E-state index contributed by atoms with van der Waals surface area (Å²) in [6.07, 6.45) is 3.77. The van der Waals surface area contributed by atoms with Gasteiger partial charge in [0.25, 0.3) is 11.6 Å². The number of benzene rings is 1. The Bertz CT molecular complexity index is 828. The number of nitro benzene ring substituents is 1. The zero-order chi connectivity index (χ0) is 20.0. The van der Waals surface area contributed by atoms with Crippen molar-refractivity contribution in [2.75, 3.05) is 25.4 Å². The first kappa shape index (κ1) is 20.8. The first-order valence-corrected chi connectivity index (χ1v) is 10.4. The Hall–Kier alpha value is -2.49. The van der Waals surface area contributed by atoms with Crippen LogP contribution in [0.15, 0.2) is 23.1 Å². The molecule has 1 saturated heterocycles. The molecule has 0 aliphatic carbocycles. The van der Waals surface area contributed by atoms with Crippen molar-refractivity contribution < 1.29 is 27.7 Å². The number of rotatable bonds is 6. The predicted octanol–water partition coefficient (Wildman–Crippen LogP) is 1.95. The number of ether oxygens (including phenoxy) is 1. The maximum Gasteiger partial charge on any atom is 0.321 e. The maximum atomic E-state index is 12.6. The van der Waals surface area contributed by atoms with Crippen molar-refractivity contribution >= 4 is 27.4 Å². The highest BCUT2D eigenvalue weighted by Crippen LogP contribution is 2.27. The smallest absolute Gasteiger partial charge is 0.321 e. The molecule has 0 spiro atoms. The van der Waals surface area contributed by atoms with Crippen molar-refractivity contribution in [2.45, 2.75) is 37.5 Å². The van der Waals surface area contributed by atoms with E-state index in [1.54, 1.807) is 4.90 Å². The Labute approximate surface area is 157 Å². The van der Waals surface area contributed by atoms with Crippen molar-refractivity contribution in [1.29, 1.82) is 0 Å². The fourth-order valence-corrected chi connectivity index (χ4v) is 4.22. The second-order valence-electron chi connectivity index (χ2n) is 6.21. The third kappa shape index (κ3) is 5.25. The Morgan fingerprint density at radius 2 is 1.81 bits per heavy atom. The molecule has 0 N–H and O–H groups in total. The Morgan fingerprint density at radius 3 is 2.37 bits per heavy atom. The van der Waals surface area contributed by atoms with Crippen LogP contribution in [0.2, 0.25) is 0 Å². The van der Waals surface area contributed by atoms with Crippen LogP contribution in [0.1, 0.15) is 43.0 Å². The monoisotopic (exact) mass is 398 g/mol. The number of sulfone groups is 1. The van der Waals surface area contributed by atoms with E-state index in [0.717, 1.165) is 37.8 Å². The number of nitrogens with zero attached hydrogens (tertiary/aromatic N) is 2. The van der Waals surface area contributed by atoms with Crippen molar-refractivity contribution in [2.24, 2.45) is 0 Å². The molecule has 1 aliphatic rings. The van der Waals surface area contributed by atoms with E-state index in [0.29, 0.717) is 13.1 Å². The first-order valence-electron chi connectivity index (χ1n) is 8.72. The Morgan fingerprint density at radius 1 is 1.19 bits per heavy atom. The number of hydrogen-bond donors (Lipinski definition) is 0. The van der Waals surface area contributed by atoms with Crippen molar-refractivity contribution in [1.82, 2.24) is 4.90 Å². The quantitative estimate of drug-likeness (QED) is 0.407. The van der Waals surface area contributed by atoms with Gasteiger partial charge >= 0.3 is 5.97 Å². The largest absolute Gasteiger partial charge is 0.465 e. The van der Waals surface area contributed by atoms with E-state index in [4.69, 9.17) is 0 Å². The molecule has 1 amide bonds. The molecule has 0 unspecified atom stereocenters. The van der Waals surface area contributed by atoms with Gasteiger partial charge in [-0.2, -0.15) is 0 Å². The molecule has 10 heteroatoms. The van der Waals surface area contributed by atoms with Gasteiger partial charge in [-0.3, -0.25) is 19.7 Å². The second-order valence-corrected chi connectivity index (χ2v) is 8.17. The molecule has 1 aromatic carbocycles. The summed E-state index contributed by atoms with van der Waals surface area (Å²) in [7, 11) is -4.27. The van der Waals surface area contributed by atoms with Crippen LogP contribution in [-0.4, -0.2) is 55.6 Å². The number of esters is 1. The molecule has 0 aromatic heterocycles. The van der Waals surface area contributed by atoms with Crippen LogP contribution in [-0.2, 0) is 19.4 Å². The minimum absolute atomic E-state index is 0.000277. The van der Waals surface area contributed by atoms with Gasteiger partial charge in [0.1, 0.15) is 4.90 Å². The van der Waals surface area contributed by atoms with Crippen LogP contribution in [0.5, 0.6) is 0 Å². The normalized spacial score (nSPS) is 15.1. The highest BCUT2D eigenvalue weighted by Gasteiger charge is 2.30. The number of nitro groups is 1.